The molecule has 2 aromatic rings. The lowest BCUT2D eigenvalue weighted by atomic mass is 10.1. The Morgan fingerprint density at radius 3 is 2.03 bits per heavy atom. The van der Waals surface area contributed by atoms with Crippen LogP contribution >= 0.6 is 15.9 Å². The Hall–Kier alpha value is -2.25. The highest BCUT2D eigenvalue weighted by Gasteiger charge is 2.24. The minimum atomic E-state index is 0.00362. The average molecular weight is 463 g/mol. The number of hydrogen-bond acceptors (Lipinski definition) is 5. The van der Waals surface area contributed by atoms with Crippen molar-refractivity contribution in [2.45, 2.75) is 6.42 Å². The SMILES string of the molecule is COc1ccc(CCN2CCN(C(=O)c3cc(OC)c(Br)c(OC)c3)CC2)cc1. The summed E-state index contributed by atoms with van der Waals surface area (Å²) >= 11 is 3.44. The molecule has 0 atom stereocenters. The molecular formula is C22H27BrN2O4. The summed E-state index contributed by atoms with van der Waals surface area (Å²) in [6.07, 6.45) is 0.985. The third-order valence-electron chi connectivity index (χ3n) is 5.23. The highest BCUT2D eigenvalue weighted by Crippen LogP contribution is 2.36. The number of piperazine rings is 1. The first-order valence-corrected chi connectivity index (χ1v) is 10.4. The molecule has 156 valence electrons. The molecule has 2 aromatic carbocycles. The van der Waals surface area contributed by atoms with Crippen molar-refractivity contribution < 1.29 is 19.0 Å². The summed E-state index contributed by atoms with van der Waals surface area (Å²) in [6.45, 7) is 4.14. The molecule has 0 unspecified atom stereocenters. The molecule has 0 aliphatic carbocycles. The quantitative estimate of drug-likeness (QED) is 0.630. The van der Waals surface area contributed by atoms with E-state index in [0.29, 0.717) is 34.6 Å². The van der Waals surface area contributed by atoms with Gasteiger partial charge in [-0.25, -0.2) is 0 Å². The summed E-state index contributed by atoms with van der Waals surface area (Å²) in [5.41, 5.74) is 1.87. The number of benzene rings is 2. The van der Waals surface area contributed by atoms with Gasteiger partial charge in [0.2, 0.25) is 0 Å². The Kier molecular flexibility index (Phi) is 7.39. The van der Waals surface area contributed by atoms with Crippen LogP contribution in [0, 0.1) is 0 Å². The minimum absolute atomic E-state index is 0.00362. The number of amides is 1. The molecule has 1 amide bonds. The number of ether oxygens (including phenoxy) is 3. The van der Waals surface area contributed by atoms with Gasteiger partial charge in [0, 0.05) is 38.3 Å². The fraction of sp³-hybridized carbons (Fsp3) is 0.409. The van der Waals surface area contributed by atoms with Crippen molar-refractivity contribution in [2.75, 3.05) is 54.1 Å². The van der Waals surface area contributed by atoms with Gasteiger partial charge in [-0.15, -0.1) is 0 Å². The number of carbonyl (C=O) groups excluding carboxylic acids is 1. The van der Waals surface area contributed by atoms with Crippen molar-refractivity contribution in [3.05, 3.63) is 52.0 Å². The maximum atomic E-state index is 13.0. The predicted octanol–water partition coefficient (Wildman–Crippen LogP) is 3.48. The largest absolute Gasteiger partial charge is 0.497 e. The summed E-state index contributed by atoms with van der Waals surface area (Å²) in [5.74, 6) is 2.06. The van der Waals surface area contributed by atoms with Crippen molar-refractivity contribution in [3.63, 3.8) is 0 Å². The summed E-state index contributed by atoms with van der Waals surface area (Å²) in [7, 11) is 4.83. The average Bonchev–Trinajstić information content (AvgIpc) is 2.78. The second kappa shape index (κ2) is 9.98. The maximum absolute atomic E-state index is 13.0. The van der Waals surface area contributed by atoms with E-state index in [1.807, 2.05) is 17.0 Å². The number of rotatable bonds is 7. The van der Waals surface area contributed by atoms with E-state index in [0.717, 1.165) is 31.8 Å². The molecule has 0 saturated carbocycles. The number of hydrogen-bond donors (Lipinski definition) is 0. The minimum Gasteiger partial charge on any atom is -0.497 e. The third-order valence-corrected chi connectivity index (χ3v) is 6.01. The lowest BCUT2D eigenvalue weighted by Crippen LogP contribution is -2.49. The van der Waals surface area contributed by atoms with Gasteiger partial charge in [-0.2, -0.15) is 0 Å². The molecule has 1 aliphatic rings. The van der Waals surface area contributed by atoms with Crippen LogP contribution in [-0.4, -0.2) is 69.8 Å². The standard InChI is InChI=1S/C22H27BrN2O4/c1-27-18-6-4-16(5-7-18)8-9-24-10-12-25(13-11-24)22(26)17-14-19(28-2)21(23)20(15-17)29-3/h4-7,14-15H,8-13H2,1-3H3. The molecule has 1 aliphatic heterocycles. The van der Waals surface area contributed by atoms with Crippen molar-refractivity contribution in [1.29, 1.82) is 0 Å². The smallest absolute Gasteiger partial charge is 0.254 e. The normalized spacial score (nSPS) is 14.6. The zero-order chi connectivity index (χ0) is 20.8. The van der Waals surface area contributed by atoms with Crippen molar-refractivity contribution in [3.8, 4) is 17.2 Å². The first-order chi connectivity index (χ1) is 14.0. The fourth-order valence-corrected chi connectivity index (χ4v) is 3.98. The third kappa shape index (κ3) is 5.22. The molecule has 1 fully saturated rings. The number of nitrogens with zero attached hydrogens (tertiary/aromatic N) is 2. The zero-order valence-corrected chi connectivity index (χ0v) is 18.7. The molecule has 3 rings (SSSR count). The number of methoxy groups -OCH3 is 3. The van der Waals surface area contributed by atoms with E-state index in [-0.39, 0.29) is 5.91 Å². The Morgan fingerprint density at radius 1 is 0.931 bits per heavy atom. The van der Waals surface area contributed by atoms with Gasteiger partial charge in [-0.05, 0) is 52.2 Å². The van der Waals surface area contributed by atoms with Crippen LogP contribution in [0.3, 0.4) is 0 Å². The van der Waals surface area contributed by atoms with Crippen molar-refractivity contribution >= 4 is 21.8 Å². The van der Waals surface area contributed by atoms with E-state index < -0.39 is 0 Å². The lowest BCUT2D eigenvalue weighted by Gasteiger charge is -2.35. The van der Waals surface area contributed by atoms with E-state index in [1.54, 1.807) is 33.5 Å². The van der Waals surface area contributed by atoms with Crippen LogP contribution in [0.25, 0.3) is 0 Å². The van der Waals surface area contributed by atoms with E-state index in [1.165, 1.54) is 5.56 Å². The van der Waals surface area contributed by atoms with Crippen molar-refractivity contribution in [1.82, 2.24) is 9.80 Å². The van der Waals surface area contributed by atoms with Gasteiger partial charge in [0.25, 0.3) is 5.91 Å². The summed E-state index contributed by atoms with van der Waals surface area (Å²) in [5, 5.41) is 0. The van der Waals surface area contributed by atoms with E-state index in [2.05, 4.69) is 33.0 Å². The molecule has 0 spiro atoms. The van der Waals surface area contributed by atoms with Crippen LogP contribution in [0.4, 0.5) is 0 Å². The van der Waals surface area contributed by atoms with Gasteiger partial charge in [-0.1, -0.05) is 12.1 Å². The molecule has 1 saturated heterocycles. The highest BCUT2D eigenvalue weighted by molar-refractivity contribution is 9.10. The second-order valence-corrected chi connectivity index (χ2v) is 7.72. The molecule has 0 bridgehead atoms. The Bertz CT molecular complexity index is 808. The van der Waals surface area contributed by atoms with Crippen LogP contribution in [0.1, 0.15) is 15.9 Å². The summed E-state index contributed by atoms with van der Waals surface area (Å²) in [6, 6.07) is 11.7. The highest BCUT2D eigenvalue weighted by atomic mass is 79.9. The topological polar surface area (TPSA) is 51.2 Å². The van der Waals surface area contributed by atoms with Gasteiger partial charge in [0.05, 0.1) is 21.3 Å². The molecule has 0 radical (unpaired) electrons. The predicted molar refractivity (Wildman–Crippen MR) is 116 cm³/mol. The number of halogens is 1. The Morgan fingerprint density at radius 2 is 1.52 bits per heavy atom. The van der Waals surface area contributed by atoms with Crippen LogP contribution in [-0.2, 0) is 6.42 Å². The number of carbonyl (C=O) groups is 1. The first-order valence-electron chi connectivity index (χ1n) is 9.61. The van der Waals surface area contributed by atoms with Gasteiger partial charge in [0.15, 0.2) is 0 Å². The molecule has 1 heterocycles. The van der Waals surface area contributed by atoms with Gasteiger partial charge < -0.3 is 19.1 Å². The summed E-state index contributed by atoms with van der Waals surface area (Å²) in [4.78, 5) is 17.3. The lowest BCUT2D eigenvalue weighted by molar-refractivity contribution is 0.0638. The maximum Gasteiger partial charge on any atom is 0.254 e. The van der Waals surface area contributed by atoms with Crippen molar-refractivity contribution in [2.24, 2.45) is 0 Å². The molecule has 29 heavy (non-hydrogen) atoms. The van der Waals surface area contributed by atoms with Crippen LogP contribution in [0.2, 0.25) is 0 Å². The molecule has 0 N–H and O–H groups in total. The molecule has 6 nitrogen and oxygen atoms in total. The van der Waals surface area contributed by atoms with Crippen LogP contribution in [0.15, 0.2) is 40.9 Å². The van der Waals surface area contributed by atoms with Gasteiger partial charge in [0.1, 0.15) is 21.7 Å². The Balaban J connectivity index is 1.55. The van der Waals surface area contributed by atoms with Gasteiger partial charge >= 0.3 is 0 Å². The fourth-order valence-electron chi connectivity index (χ4n) is 3.43. The molecule has 0 aromatic heterocycles. The van der Waals surface area contributed by atoms with Gasteiger partial charge in [-0.3, -0.25) is 9.69 Å². The monoisotopic (exact) mass is 462 g/mol. The van der Waals surface area contributed by atoms with E-state index in [9.17, 15) is 4.79 Å². The molecular weight excluding hydrogens is 436 g/mol. The molecule has 7 heteroatoms. The second-order valence-electron chi connectivity index (χ2n) is 6.93. The van der Waals surface area contributed by atoms with Crippen LogP contribution < -0.4 is 14.2 Å². The zero-order valence-electron chi connectivity index (χ0n) is 17.1. The van der Waals surface area contributed by atoms with Crippen LogP contribution in [0.5, 0.6) is 17.2 Å². The Labute approximate surface area is 180 Å². The van der Waals surface area contributed by atoms with E-state index >= 15 is 0 Å². The summed E-state index contributed by atoms with van der Waals surface area (Å²) < 4.78 is 16.6. The first kappa shape index (κ1) is 21.5. The van der Waals surface area contributed by atoms with E-state index in [4.69, 9.17) is 14.2 Å².